The Kier molecular flexibility index (Phi) is 5.87. The maximum absolute atomic E-state index is 13.3. The summed E-state index contributed by atoms with van der Waals surface area (Å²) in [6.45, 7) is 6.30. The van der Waals surface area contributed by atoms with Crippen molar-refractivity contribution in [3.8, 4) is 5.69 Å². The normalized spacial score (nSPS) is 11.1. The van der Waals surface area contributed by atoms with Crippen molar-refractivity contribution in [2.75, 3.05) is 6.54 Å². The Morgan fingerprint density at radius 3 is 2.36 bits per heavy atom. The van der Waals surface area contributed by atoms with E-state index in [1.165, 1.54) is 12.1 Å². The second-order valence-electron chi connectivity index (χ2n) is 7.13. The average molecular weight is 383 g/mol. The first-order valence-electron chi connectivity index (χ1n) is 9.23. The molecule has 0 spiro atoms. The van der Waals surface area contributed by atoms with Gasteiger partial charge in [0.25, 0.3) is 5.91 Å². The van der Waals surface area contributed by atoms with E-state index in [1.54, 1.807) is 10.9 Å². The van der Waals surface area contributed by atoms with Crippen LogP contribution in [0.2, 0.25) is 0 Å². The molecular weight excluding hydrogens is 360 g/mol. The van der Waals surface area contributed by atoms with Gasteiger partial charge in [-0.1, -0.05) is 31.5 Å². The molecule has 28 heavy (non-hydrogen) atoms. The molecule has 6 heteroatoms. The van der Waals surface area contributed by atoms with Gasteiger partial charge in [0.1, 0.15) is 11.6 Å². The van der Waals surface area contributed by atoms with Gasteiger partial charge in [-0.05, 0) is 49.1 Å². The topological polar surface area (TPSA) is 46.9 Å². The Morgan fingerprint density at radius 1 is 1.11 bits per heavy atom. The third-order valence-corrected chi connectivity index (χ3v) is 4.50. The molecule has 0 unspecified atom stereocenters. The first-order chi connectivity index (χ1) is 13.3. The van der Waals surface area contributed by atoms with Gasteiger partial charge in [-0.2, -0.15) is 5.10 Å². The SMILES string of the molecule is Cc1ccc(-n2ncc(C(=O)NCCc3cc(F)cc(F)c3)c2C(C)C)cc1. The molecule has 146 valence electrons. The minimum atomic E-state index is -0.622. The molecule has 1 amide bonds. The number of nitrogens with one attached hydrogen (secondary N) is 1. The fraction of sp³-hybridized carbons (Fsp3) is 0.273. The van der Waals surface area contributed by atoms with Gasteiger partial charge >= 0.3 is 0 Å². The third-order valence-electron chi connectivity index (χ3n) is 4.50. The second kappa shape index (κ2) is 8.33. The fourth-order valence-corrected chi connectivity index (χ4v) is 3.15. The van der Waals surface area contributed by atoms with Gasteiger partial charge in [-0.25, -0.2) is 13.5 Å². The molecule has 0 aliphatic heterocycles. The number of nitrogens with zero attached hydrogens (tertiary/aromatic N) is 2. The zero-order valence-electron chi connectivity index (χ0n) is 16.2. The Hall–Kier alpha value is -3.02. The molecule has 2 aromatic carbocycles. The molecule has 1 N–H and O–H groups in total. The van der Waals surface area contributed by atoms with Crippen molar-refractivity contribution in [1.82, 2.24) is 15.1 Å². The summed E-state index contributed by atoms with van der Waals surface area (Å²) in [5.41, 5.74) is 3.86. The molecule has 1 heterocycles. The summed E-state index contributed by atoms with van der Waals surface area (Å²) in [6.07, 6.45) is 1.90. The van der Waals surface area contributed by atoms with Crippen LogP contribution in [0, 0.1) is 18.6 Å². The maximum Gasteiger partial charge on any atom is 0.254 e. The molecule has 0 fully saturated rings. The molecule has 0 aliphatic rings. The minimum absolute atomic E-state index is 0.0851. The summed E-state index contributed by atoms with van der Waals surface area (Å²) < 4.78 is 28.3. The van der Waals surface area contributed by atoms with Gasteiger partial charge in [0.15, 0.2) is 0 Å². The molecule has 1 aromatic heterocycles. The maximum atomic E-state index is 13.3. The number of aromatic nitrogens is 2. The van der Waals surface area contributed by atoms with Crippen LogP contribution in [0.25, 0.3) is 5.69 Å². The molecule has 3 rings (SSSR count). The lowest BCUT2D eigenvalue weighted by atomic mass is 10.0. The van der Waals surface area contributed by atoms with Crippen molar-refractivity contribution in [1.29, 1.82) is 0 Å². The van der Waals surface area contributed by atoms with E-state index >= 15 is 0 Å². The number of carbonyl (C=O) groups excluding carboxylic acids is 1. The van der Waals surface area contributed by atoms with Crippen LogP contribution < -0.4 is 5.32 Å². The Labute approximate surface area is 163 Å². The first kappa shape index (κ1) is 19.7. The van der Waals surface area contributed by atoms with E-state index in [0.717, 1.165) is 23.0 Å². The van der Waals surface area contributed by atoms with Crippen LogP contribution in [0.5, 0.6) is 0 Å². The Bertz CT molecular complexity index is 958. The number of benzene rings is 2. The van der Waals surface area contributed by atoms with Crippen LogP contribution in [0.4, 0.5) is 8.78 Å². The lowest BCUT2D eigenvalue weighted by Crippen LogP contribution is -2.26. The van der Waals surface area contributed by atoms with Crippen molar-refractivity contribution in [2.24, 2.45) is 0 Å². The van der Waals surface area contributed by atoms with Gasteiger partial charge in [-0.3, -0.25) is 4.79 Å². The summed E-state index contributed by atoms with van der Waals surface area (Å²) in [5, 5.41) is 7.22. The van der Waals surface area contributed by atoms with E-state index in [9.17, 15) is 13.6 Å². The predicted molar refractivity (Wildman–Crippen MR) is 105 cm³/mol. The van der Waals surface area contributed by atoms with Crippen LogP contribution in [-0.2, 0) is 6.42 Å². The molecule has 0 atom stereocenters. The van der Waals surface area contributed by atoms with E-state index in [-0.39, 0.29) is 18.4 Å². The monoisotopic (exact) mass is 383 g/mol. The number of hydrogen-bond acceptors (Lipinski definition) is 2. The number of hydrogen-bond donors (Lipinski definition) is 1. The van der Waals surface area contributed by atoms with Gasteiger partial charge in [0.05, 0.1) is 23.1 Å². The molecule has 0 saturated carbocycles. The van der Waals surface area contributed by atoms with Crippen molar-refractivity contribution in [2.45, 2.75) is 33.1 Å². The van der Waals surface area contributed by atoms with E-state index in [0.29, 0.717) is 17.5 Å². The highest BCUT2D eigenvalue weighted by atomic mass is 19.1. The zero-order chi connectivity index (χ0) is 20.3. The lowest BCUT2D eigenvalue weighted by molar-refractivity contribution is 0.0953. The summed E-state index contributed by atoms with van der Waals surface area (Å²) in [5.74, 6) is -1.41. The van der Waals surface area contributed by atoms with E-state index in [2.05, 4.69) is 10.4 Å². The van der Waals surface area contributed by atoms with E-state index in [1.807, 2.05) is 45.0 Å². The first-order valence-corrected chi connectivity index (χ1v) is 9.23. The minimum Gasteiger partial charge on any atom is -0.352 e. The summed E-state index contributed by atoms with van der Waals surface area (Å²) in [6, 6.07) is 11.3. The number of rotatable bonds is 6. The summed E-state index contributed by atoms with van der Waals surface area (Å²) >= 11 is 0. The molecule has 4 nitrogen and oxygen atoms in total. The van der Waals surface area contributed by atoms with Gasteiger partial charge in [-0.15, -0.1) is 0 Å². The fourth-order valence-electron chi connectivity index (χ4n) is 3.15. The summed E-state index contributed by atoms with van der Waals surface area (Å²) in [4.78, 5) is 12.7. The van der Waals surface area contributed by atoms with Crippen LogP contribution in [0.3, 0.4) is 0 Å². The number of aryl methyl sites for hydroxylation is 1. The highest BCUT2D eigenvalue weighted by molar-refractivity contribution is 5.95. The molecular formula is C22H23F2N3O. The highest BCUT2D eigenvalue weighted by Crippen LogP contribution is 2.23. The van der Waals surface area contributed by atoms with E-state index < -0.39 is 11.6 Å². The number of amides is 1. The quantitative estimate of drug-likeness (QED) is 0.679. The second-order valence-corrected chi connectivity index (χ2v) is 7.13. The molecule has 3 aromatic rings. The van der Waals surface area contributed by atoms with Crippen molar-refractivity contribution in [3.63, 3.8) is 0 Å². The van der Waals surface area contributed by atoms with Crippen LogP contribution >= 0.6 is 0 Å². The standard InChI is InChI=1S/C22H23F2N3O/c1-14(2)21-20(13-26-27(21)19-6-4-15(3)5-7-19)22(28)25-9-8-16-10-17(23)12-18(24)11-16/h4-7,10-14H,8-9H2,1-3H3,(H,25,28). The van der Waals surface area contributed by atoms with Crippen molar-refractivity contribution < 1.29 is 13.6 Å². The van der Waals surface area contributed by atoms with Crippen LogP contribution in [0.15, 0.2) is 48.7 Å². The molecule has 0 radical (unpaired) electrons. The zero-order valence-corrected chi connectivity index (χ0v) is 16.2. The molecule has 0 bridgehead atoms. The van der Waals surface area contributed by atoms with Crippen LogP contribution in [-0.4, -0.2) is 22.2 Å². The third kappa shape index (κ3) is 4.44. The van der Waals surface area contributed by atoms with Gasteiger partial charge in [0.2, 0.25) is 0 Å². The van der Waals surface area contributed by atoms with E-state index in [4.69, 9.17) is 0 Å². The van der Waals surface area contributed by atoms with Gasteiger partial charge < -0.3 is 5.32 Å². The average Bonchev–Trinajstić information content (AvgIpc) is 3.07. The largest absolute Gasteiger partial charge is 0.352 e. The van der Waals surface area contributed by atoms with Gasteiger partial charge in [0, 0.05) is 12.6 Å². The Morgan fingerprint density at radius 2 is 1.75 bits per heavy atom. The highest BCUT2D eigenvalue weighted by Gasteiger charge is 2.20. The van der Waals surface area contributed by atoms with Crippen molar-refractivity contribution in [3.05, 3.63) is 82.7 Å². The van der Waals surface area contributed by atoms with Crippen molar-refractivity contribution >= 4 is 5.91 Å². The molecule has 0 aliphatic carbocycles. The summed E-state index contributed by atoms with van der Waals surface area (Å²) in [7, 11) is 0. The lowest BCUT2D eigenvalue weighted by Gasteiger charge is -2.13. The molecule has 0 saturated heterocycles. The predicted octanol–water partition coefficient (Wildman–Crippen LogP) is 4.55. The number of carbonyl (C=O) groups is 1. The number of halogens is 2. The smallest absolute Gasteiger partial charge is 0.254 e. The Balaban J connectivity index is 1.75. The van der Waals surface area contributed by atoms with Crippen LogP contribution in [0.1, 0.15) is 46.9 Å².